The van der Waals surface area contributed by atoms with Crippen LogP contribution in [0.3, 0.4) is 0 Å². The van der Waals surface area contributed by atoms with Crippen molar-refractivity contribution < 1.29 is 9.13 Å². The van der Waals surface area contributed by atoms with Crippen molar-refractivity contribution in [1.82, 2.24) is 45.0 Å². The largest absolute Gasteiger partial charge is 0.492 e. The molecule has 37 heavy (non-hydrogen) atoms. The predicted octanol–water partition coefficient (Wildman–Crippen LogP) is 4.10. The van der Waals surface area contributed by atoms with E-state index in [0.717, 1.165) is 28.7 Å². The van der Waals surface area contributed by atoms with Gasteiger partial charge in [0.05, 0.1) is 34.6 Å². The zero-order valence-electron chi connectivity index (χ0n) is 20.1. The van der Waals surface area contributed by atoms with Gasteiger partial charge in [-0.15, -0.1) is 0 Å². The maximum atomic E-state index is 14.5. The summed E-state index contributed by atoms with van der Waals surface area (Å²) in [4.78, 5) is 27.1. The minimum Gasteiger partial charge on any atom is -0.492 e. The molecule has 6 rings (SSSR count). The van der Waals surface area contributed by atoms with Gasteiger partial charge in [-0.05, 0) is 37.9 Å². The van der Waals surface area contributed by atoms with Crippen molar-refractivity contribution in [2.45, 2.75) is 0 Å². The van der Waals surface area contributed by atoms with Crippen LogP contribution >= 0.6 is 0 Å². The lowest BCUT2D eigenvalue weighted by atomic mass is 10.1. The Kier molecular flexibility index (Phi) is 5.73. The van der Waals surface area contributed by atoms with Gasteiger partial charge in [0.25, 0.3) is 0 Å². The molecule has 0 unspecified atom stereocenters. The molecule has 0 atom stereocenters. The number of hydrogen-bond donors (Lipinski definition) is 2. The van der Waals surface area contributed by atoms with Gasteiger partial charge in [-0.2, -0.15) is 5.10 Å². The van der Waals surface area contributed by atoms with E-state index in [9.17, 15) is 4.39 Å². The molecule has 2 N–H and O–H groups in total. The number of ether oxygens (including phenoxy) is 1. The zero-order chi connectivity index (χ0) is 25.4. The first-order chi connectivity index (χ1) is 18.0. The maximum absolute atomic E-state index is 14.5. The molecule has 0 bridgehead atoms. The maximum Gasteiger partial charge on any atom is 0.159 e. The highest BCUT2D eigenvalue weighted by Crippen LogP contribution is 2.33. The number of rotatable bonds is 7. The summed E-state index contributed by atoms with van der Waals surface area (Å²) < 4.78 is 20.3. The van der Waals surface area contributed by atoms with Gasteiger partial charge in [0.2, 0.25) is 0 Å². The van der Waals surface area contributed by atoms with Crippen LogP contribution in [0.1, 0.15) is 0 Å². The first-order valence-electron chi connectivity index (χ1n) is 11.6. The van der Waals surface area contributed by atoms with Gasteiger partial charge >= 0.3 is 0 Å². The normalized spacial score (nSPS) is 11.6. The first kappa shape index (κ1) is 22.7. The highest BCUT2D eigenvalue weighted by Gasteiger charge is 2.17. The van der Waals surface area contributed by atoms with Gasteiger partial charge in [0.1, 0.15) is 30.2 Å². The standard InChI is InChI=1S/C26H22FN9O/c1-36(2)3-4-37-18-6-15(5-17(27)7-18)20-11-28-12-23-24(20)33-26(32-23)25-19-8-21(16-9-29-14-30-10-16)31-13-22(19)34-35-25/h5-14H,3-4H2,1-2H3,(H,32,33)(H,34,35). The van der Waals surface area contributed by atoms with Crippen molar-refractivity contribution in [3.63, 3.8) is 0 Å². The monoisotopic (exact) mass is 495 g/mol. The van der Waals surface area contributed by atoms with Crippen molar-refractivity contribution in [2.75, 3.05) is 27.2 Å². The van der Waals surface area contributed by atoms with Crippen molar-refractivity contribution in [2.24, 2.45) is 0 Å². The zero-order valence-corrected chi connectivity index (χ0v) is 20.1. The Hall–Kier alpha value is -4.77. The van der Waals surface area contributed by atoms with E-state index in [-0.39, 0.29) is 0 Å². The molecule has 10 nitrogen and oxygen atoms in total. The van der Waals surface area contributed by atoms with Crippen LogP contribution in [0, 0.1) is 5.82 Å². The molecule has 6 aromatic rings. The molecule has 0 radical (unpaired) electrons. The SMILES string of the molecule is CN(C)CCOc1cc(F)cc(-c2cncc3[nH]c(-c4n[nH]c5cnc(-c6cncnc6)cc45)nc23)c1. The quantitative estimate of drug-likeness (QED) is 0.340. The highest BCUT2D eigenvalue weighted by molar-refractivity contribution is 5.97. The Morgan fingerprint density at radius 2 is 1.78 bits per heavy atom. The molecule has 0 saturated carbocycles. The molecule has 0 spiro atoms. The van der Waals surface area contributed by atoms with E-state index in [1.54, 1.807) is 37.1 Å². The average Bonchev–Trinajstić information content (AvgIpc) is 3.52. The van der Waals surface area contributed by atoms with Gasteiger partial charge in [0.15, 0.2) is 5.82 Å². The van der Waals surface area contributed by atoms with Gasteiger partial charge in [-0.25, -0.2) is 19.3 Å². The van der Waals surface area contributed by atoms with Crippen molar-refractivity contribution in [3.8, 4) is 39.7 Å². The van der Waals surface area contributed by atoms with Gasteiger partial charge < -0.3 is 14.6 Å². The first-order valence-corrected chi connectivity index (χ1v) is 11.6. The molecular formula is C26H22FN9O. The summed E-state index contributed by atoms with van der Waals surface area (Å²) in [6.07, 6.45) is 9.96. The second-order valence-electron chi connectivity index (χ2n) is 8.81. The number of H-pyrrole nitrogens is 2. The van der Waals surface area contributed by atoms with Crippen LogP contribution in [-0.4, -0.2) is 72.2 Å². The molecular weight excluding hydrogens is 473 g/mol. The van der Waals surface area contributed by atoms with Crippen molar-refractivity contribution in [1.29, 1.82) is 0 Å². The lowest BCUT2D eigenvalue weighted by Gasteiger charge is -2.12. The fourth-order valence-electron chi connectivity index (χ4n) is 4.09. The number of aromatic amines is 2. The molecule has 0 fully saturated rings. The number of aromatic nitrogens is 8. The minimum absolute atomic E-state index is 0.395. The fourth-order valence-corrected chi connectivity index (χ4v) is 4.09. The number of halogens is 1. The number of hydrogen-bond acceptors (Lipinski definition) is 8. The lowest BCUT2D eigenvalue weighted by Crippen LogP contribution is -2.19. The van der Waals surface area contributed by atoms with E-state index in [4.69, 9.17) is 9.72 Å². The van der Waals surface area contributed by atoms with E-state index in [0.29, 0.717) is 46.0 Å². The Balaban J connectivity index is 1.41. The van der Waals surface area contributed by atoms with Gasteiger partial charge in [0, 0.05) is 47.7 Å². The summed E-state index contributed by atoms with van der Waals surface area (Å²) in [6, 6.07) is 6.55. The smallest absolute Gasteiger partial charge is 0.159 e. The average molecular weight is 496 g/mol. The third-order valence-electron chi connectivity index (χ3n) is 5.91. The van der Waals surface area contributed by atoms with E-state index >= 15 is 0 Å². The van der Waals surface area contributed by atoms with E-state index in [1.165, 1.54) is 18.5 Å². The summed E-state index contributed by atoms with van der Waals surface area (Å²) in [5.74, 6) is 0.608. The third kappa shape index (κ3) is 4.47. The highest BCUT2D eigenvalue weighted by atomic mass is 19.1. The molecule has 0 aliphatic rings. The molecule has 0 amide bonds. The van der Waals surface area contributed by atoms with E-state index in [2.05, 4.69) is 35.1 Å². The Labute approximate surface area is 210 Å². The van der Waals surface area contributed by atoms with Crippen LogP contribution in [0.2, 0.25) is 0 Å². The second-order valence-corrected chi connectivity index (χ2v) is 8.81. The summed E-state index contributed by atoms with van der Waals surface area (Å²) in [6.45, 7) is 1.17. The topological polar surface area (TPSA) is 121 Å². The molecule has 0 saturated heterocycles. The van der Waals surface area contributed by atoms with Crippen molar-refractivity contribution >= 4 is 21.9 Å². The number of nitrogens with zero attached hydrogens (tertiary/aromatic N) is 7. The van der Waals surface area contributed by atoms with Gasteiger partial charge in [-0.1, -0.05) is 0 Å². The molecule has 5 aromatic heterocycles. The Morgan fingerprint density at radius 3 is 2.62 bits per heavy atom. The summed E-state index contributed by atoms with van der Waals surface area (Å²) in [5.41, 5.74) is 5.56. The van der Waals surface area contributed by atoms with E-state index in [1.807, 2.05) is 25.1 Å². The molecule has 5 heterocycles. The molecule has 0 aliphatic heterocycles. The number of nitrogens with one attached hydrogen (secondary N) is 2. The minimum atomic E-state index is -0.395. The third-order valence-corrected chi connectivity index (χ3v) is 5.91. The summed E-state index contributed by atoms with van der Waals surface area (Å²) in [5, 5.41) is 8.33. The van der Waals surface area contributed by atoms with Crippen LogP contribution in [0.25, 0.3) is 55.8 Å². The Morgan fingerprint density at radius 1 is 0.919 bits per heavy atom. The van der Waals surface area contributed by atoms with Crippen LogP contribution < -0.4 is 4.74 Å². The summed E-state index contributed by atoms with van der Waals surface area (Å²) in [7, 11) is 3.91. The molecule has 0 aliphatic carbocycles. The van der Waals surface area contributed by atoms with Crippen LogP contribution in [0.15, 0.2) is 61.6 Å². The number of pyridine rings is 2. The fraction of sp³-hybridized carbons (Fsp3) is 0.154. The molecule has 1 aromatic carbocycles. The predicted molar refractivity (Wildman–Crippen MR) is 137 cm³/mol. The van der Waals surface area contributed by atoms with Crippen LogP contribution in [0.5, 0.6) is 5.75 Å². The number of imidazole rings is 1. The molecule has 184 valence electrons. The molecule has 11 heteroatoms. The number of benzene rings is 1. The van der Waals surface area contributed by atoms with E-state index < -0.39 is 5.82 Å². The Bertz CT molecular complexity index is 1710. The second kappa shape index (κ2) is 9.36. The van der Waals surface area contributed by atoms with Crippen molar-refractivity contribution in [3.05, 3.63) is 67.4 Å². The summed E-state index contributed by atoms with van der Waals surface area (Å²) >= 11 is 0. The lowest BCUT2D eigenvalue weighted by molar-refractivity contribution is 0.260. The number of likely N-dealkylation sites (N-methyl/N-ethyl adjacent to an activating group) is 1. The van der Waals surface area contributed by atoms with Crippen LogP contribution in [-0.2, 0) is 0 Å². The van der Waals surface area contributed by atoms with Gasteiger partial charge in [-0.3, -0.25) is 15.1 Å². The van der Waals surface area contributed by atoms with Crippen LogP contribution in [0.4, 0.5) is 4.39 Å². The number of fused-ring (bicyclic) bond motifs is 2.